The molecule has 0 spiro atoms. The van der Waals surface area contributed by atoms with Gasteiger partial charge in [-0.15, -0.1) is 0 Å². The third-order valence-electron chi connectivity index (χ3n) is 6.07. The fourth-order valence-electron chi connectivity index (χ4n) is 4.34. The van der Waals surface area contributed by atoms with E-state index in [1.54, 1.807) is 7.11 Å². The Hall–Kier alpha value is -2.64. The molecular weight excluding hydrogens is 400 g/mol. The van der Waals surface area contributed by atoms with Gasteiger partial charge >= 0.3 is 0 Å². The molecule has 30 heavy (non-hydrogen) atoms. The SMILES string of the molecule is COc1cccc2sc(OC3CN(C(=O)C4(c5ccccc5)CCOCC4)C3)nc12. The first kappa shape index (κ1) is 19.3. The molecule has 6 nitrogen and oxygen atoms in total. The molecule has 3 heterocycles. The number of fused-ring (bicyclic) bond motifs is 1. The van der Waals surface area contributed by atoms with Crippen molar-refractivity contribution in [2.75, 3.05) is 33.4 Å². The number of hydrogen-bond acceptors (Lipinski definition) is 6. The molecule has 2 saturated heterocycles. The number of likely N-dealkylation sites (tertiary alicyclic amines) is 1. The molecule has 156 valence electrons. The summed E-state index contributed by atoms with van der Waals surface area (Å²) < 4.78 is 18.0. The predicted octanol–water partition coefficient (Wildman–Crippen LogP) is 3.64. The van der Waals surface area contributed by atoms with E-state index in [-0.39, 0.29) is 12.0 Å². The molecule has 2 aliphatic heterocycles. The first-order valence-corrected chi connectivity index (χ1v) is 11.0. The quantitative estimate of drug-likeness (QED) is 0.626. The van der Waals surface area contributed by atoms with E-state index in [1.807, 2.05) is 41.3 Å². The van der Waals surface area contributed by atoms with Crippen LogP contribution in [0.15, 0.2) is 48.5 Å². The number of rotatable bonds is 5. The third kappa shape index (κ3) is 3.32. The minimum absolute atomic E-state index is 0.0341. The highest BCUT2D eigenvalue weighted by Gasteiger charge is 2.47. The van der Waals surface area contributed by atoms with E-state index in [0.717, 1.165) is 34.4 Å². The van der Waals surface area contributed by atoms with Crippen LogP contribution >= 0.6 is 11.3 Å². The van der Waals surface area contributed by atoms with Crippen molar-refractivity contribution in [1.29, 1.82) is 0 Å². The Morgan fingerprint density at radius 1 is 1.13 bits per heavy atom. The summed E-state index contributed by atoms with van der Waals surface area (Å²) in [5.41, 5.74) is 1.41. The molecule has 2 aromatic carbocycles. The first-order valence-electron chi connectivity index (χ1n) is 10.2. The van der Waals surface area contributed by atoms with Crippen LogP contribution in [0.5, 0.6) is 10.9 Å². The fraction of sp³-hybridized carbons (Fsp3) is 0.391. The molecule has 0 N–H and O–H groups in total. The Morgan fingerprint density at radius 3 is 2.63 bits per heavy atom. The maximum Gasteiger partial charge on any atom is 0.274 e. The Kier molecular flexibility index (Phi) is 5.08. The molecule has 0 bridgehead atoms. The topological polar surface area (TPSA) is 60.9 Å². The number of para-hydroxylation sites is 1. The summed E-state index contributed by atoms with van der Waals surface area (Å²) >= 11 is 1.50. The summed E-state index contributed by atoms with van der Waals surface area (Å²) in [6.45, 7) is 2.40. The van der Waals surface area contributed by atoms with E-state index in [0.29, 0.717) is 31.5 Å². The zero-order valence-electron chi connectivity index (χ0n) is 16.9. The van der Waals surface area contributed by atoms with Gasteiger partial charge < -0.3 is 19.1 Å². The fourth-order valence-corrected chi connectivity index (χ4v) is 5.24. The third-order valence-corrected chi connectivity index (χ3v) is 6.98. The van der Waals surface area contributed by atoms with E-state index in [9.17, 15) is 4.79 Å². The normalized spacial score (nSPS) is 18.8. The molecule has 5 rings (SSSR count). The summed E-state index contributed by atoms with van der Waals surface area (Å²) in [7, 11) is 1.64. The zero-order chi connectivity index (χ0) is 20.6. The van der Waals surface area contributed by atoms with Crippen molar-refractivity contribution in [3.05, 3.63) is 54.1 Å². The van der Waals surface area contributed by atoms with Crippen LogP contribution in [0, 0.1) is 0 Å². The number of methoxy groups -OCH3 is 1. The van der Waals surface area contributed by atoms with Crippen molar-refractivity contribution in [1.82, 2.24) is 9.88 Å². The van der Waals surface area contributed by atoms with Crippen molar-refractivity contribution in [2.24, 2.45) is 0 Å². The average Bonchev–Trinajstić information content (AvgIpc) is 3.19. The molecule has 0 aliphatic carbocycles. The van der Waals surface area contributed by atoms with Crippen molar-refractivity contribution in [2.45, 2.75) is 24.4 Å². The average molecular weight is 425 g/mol. The van der Waals surface area contributed by atoms with Crippen molar-refractivity contribution >= 4 is 27.5 Å². The lowest BCUT2D eigenvalue weighted by atomic mass is 9.72. The number of thiazole rings is 1. The summed E-state index contributed by atoms with van der Waals surface area (Å²) in [6.07, 6.45) is 1.40. The zero-order valence-corrected chi connectivity index (χ0v) is 17.7. The lowest BCUT2D eigenvalue weighted by molar-refractivity contribution is -0.150. The number of nitrogens with zero attached hydrogens (tertiary/aromatic N) is 2. The summed E-state index contributed by atoms with van der Waals surface area (Å²) in [5.74, 6) is 0.927. The van der Waals surface area contributed by atoms with Gasteiger partial charge in [-0.1, -0.05) is 47.7 Å². The van der Waals surface area contributed by atoms with E-state index in [2.05, 4.69) is 17.1 Å². The van der Waals surface area contributed by atoms with E-state index >= 15 is 0 Å². The van der Waals surface area contributed by atoms with Gasteiger partial charge in [-0.3, -0.25) is 4.79 Å². The number of aromatic nitrogens is 1. The van der Waals surface area contributed by atoms with Crippen molar-refractivity contribution < 1.29 is 19.0 Å². The van der Waals surface area contributed by atoms with Gasteiger partial charge in [-0.25, -0.2) is 0 Å². The van der Waals surface area contributed by atoms with Gasteiger partial charge in [0.15, 0.2) is 0 Å². The Labute approximate surface area is 179 Å². The second-order valence-electron chi connectivity index (χ2n) is 7.80. The maximum absolute atomic E-state index is 13.5. The Balaban J connectivity index is 1.28. The molecule has 1 amide bonds. The predicted molar refractivity (Wildman–Crippen MR) is 115 cm³/mol. The second-order valence-corrected chi connectivity index (χ2v) is 8.79. The molecule has 0 atom stereocenters. The largest absolute Gasteiger partial charge is 0.494 e. The van der Waals surface area contributed by atoms with E-state index < -0.39 is 5.41 Å². The summed E-state index contributed by atoms with van der Waals surface area (Å²) in [6, 6.07) is 16.0. The van der Waals surface area contributed by atoms with Crippen LogP contribution in [0.25, 0.3) is 10.2 Å². The number of carbonyl (C=O) groups is 1. The standard InChI is InChI=1S/C23H24N2O4S/c1-27-18-8-5-9-19-20(18)24-22(30-19)29-17-14-25(15-17)21(26)23(10-12-28-13-11-23)16-6-3-2-4-7-16/h2-9,17H,10-15H2,1H3. The number of amides is 1. The van der Waals surface area contributed by atoms with Crippen molar-refractivity contribution in [3.63, 3.8) is 0 Å². The van der Waals surface area contributed by atoms with Gasteiger partial charge in [0, 0.05) is 13.2 Å². The van der Waals surface area contributed by atoms with Crippen LogP contribution in [0.2, 0.25) is 0 Å². The maximum atomic E-state index is 13.5. The molecular formula is C23H24N2O4S. The molecule has 1 aromatic heterocycles. The molecule has 2 fully saturated rings. The van der Waals surface area contributed by atoms with Gasteiger partial charge in [-0.05, 0) is 30.5 Å². The van der Waals surface area contributed by atoms with Crippen molar-refractivity contribution in [3.8, 4) is 10.9 Å². The molecule has 2 aliphatic rings. The van der Waals surface area contributed by atoms with Gasteiger partial charge in [0.25, 0.3) is 5.19 Å². The van der Waals surface area contributed by atoms with Crippen LogP contribution in [0.4, 0.5) is 0 Å². The minimum Gasteiger partial charge on any atom is -0.494 e. The lowest BCUT2D eigenvalue weighted by Crippen LogP contribution is -2.61. The van der Waals surface area contributed by atoms with Gasteiger partial charge in [-0.2, -0.15) is 4.98 Å². The molecule has 0 radical (unpaired) electrons. The highest BCUT2D eigenvalue weighted by atomic mass is 32.1. The van der Waals surface area contributed by atoms with Crippen LogP contribution in [-0.4, -0.2) is 55.3 Å². The van der Waals surface area contributed by atoms with Crippen LogP contribution in [0.3, 0.4) is 0 Å². The number of benzene rings is 2. The highest BCUT2D eigenvalue weighted by molar-refractivity contribution is 7.20. The Bertz CT molecular complexity index is 1040. The smallest absolute Gasteiger partial charge is 0.274 e. The van der Waals surface area contributed by atoms with E-state index in [1.165, 1.54) is 11.3 Å². The highest BCUT2D eigenvalue weighted by Crippen LogP contribution is 2.39. The second kappa shape index (κ2) is 7.89. The number of hydrogen-bond donors (Lipinski definition) is 0. The molecule has 3 aromatic rings. The van der Waals surface area contributed by atoms with Crippen LogP contribution in [-0.2, 0) is 14.9 Å². The van der Waals surface area contributed by atoms with Crippen LogP contribution < -0.4 is 9.47 Å². The number of ether oxygens (including phenoxy) is 3. The number of carbonyl (C=O) groups excluding carboxylic acids is 1. The Morgan fingerprint density at radius 2 is 1.90 bits per heavy atom. The monoisotopic (exact) mass is 424 g/mol. The molecule has 0 saturated carbocycles. The molecule has 7 heteroatoms. The van der Waals surface area contributed by atoms with Gasteiger partial charge in [0.1, 0.15) is 17.4 Å². The summed E-state index contributed by atoms with van der Waals surface area (Å²) in [4.78, 5) is 20.0. The van der Waals surface area contributed by atoms with E-state index in [4.69, 9.17) is 14.2 Å². The van der Waals surface area contributed by atoms with Crippen LogP contribution in [0.1, 0.15) is 18.4 Å². The van der Waals surface area contributed by atoms with Gasteiger partial charge in [0.2, 0.25) is 5.91 Å². The first-order chi connectivity index (χ1) is 14.7. The minimum atomic E-state index is -0.492. The molecule has 0 unspecified atom stereocenters. The summed E-state index contributed by atoms with van der Waals surface area (Å²) in [5, 5.41) is 0.621. The lowest BCUT2D eigenvalue weighted by Gasteiger charge is -2.46. The van der Waals surface area contributed by atoms with Gasteiger partial charge in [0.05, 0.1) is 30.3 Å².